The van der Waals surface area contributed by atoms with Crippen LogP contribution in [0.2, 0.25) is 0 Å². The second-order valence-electron chi connectivity index (χ2n) is 3.75. The van der Waals surface area contributed by atoms with E-state index in [1.807, 2.05) is 0 Å². The zero-order chi connectivity index (χ0) is 12.8. The fourth-order valence-electron chi connectivity index (χ4n) is 0.865. The van der Waals surface area contributed by atoms with Crippen molar-refractivity contribution < 1.29 is 28.1 Å². The molecule has 7 heteroatoms. The summed E-state index contributed by atoms with van der Waals surface area (Å²) in [5, 5.41) is 20.2. The van der Waals surface area contributed by atoms with Crippen molar-refractivity contribution >= 4 is 0 Å². The van der Waals surface area contributed by atoms with E-state index in [1.54, 1.807) is 13.8 Å². The second kappa shape index (κ2) is 7.05. The Morgan fingerprint density at radius 2 is 1.75 bits per heavy atom. The molecular weight excluding hydrogens is 227 g/mol. The Kier molecular flexibility index (Phi) is 6.89. The third-order valence-corrected chi connectivity index (χ3v) is 1.72. The summed E-state index contributed by atoms with van der Waals surface area (Å²) in [5.74, 6) is 0. The molecule has 2 atom stereocenters. The lowest BCUT2D eigenvalue weighted by Crippen LogP contribution is -2.41. The van der Waals surface area contributed by atoms with Gasteiger partial charge in [0.2, 0.25) is 0 Å². The van der Waals surface area contributed by atoms with Gasteiger partial charge in [-0.15, -0.1) is 0 Å². The first kappa shape index (κ1) is 15.6. The Morgan fingerprint density at radius 3 is 2.19 bits per heavy atom. The summed E-state index contributed by atoms with van der Waals surface area (Å²) in [7, 11) is 0. The van der Waals surface area contributed by atoms with E-state index in [2.05, 4.69) is 5.32 Å². The predicted octanol–water partition coefficient (Wildman–Crippen LogP) is 0.285. The predicted molar refractivity (Wildman–Crippen MR) is 52.0 cm³/mol. The van der Waals surface area contributed by atoms with Crippen LogP contribution in [-0.2, 0) is 4.74 Å². The van der Waals surface area contributed by atoms with Gasteiger partial charge in [0.05, 0.1) is 18.8 Å². The van der Waals surface area contributed by atoms with E-state index in [-0.39, 0.29) is 19.3 Å². The first-order valence-corrected chi connectivity index (χ1v) is 4.98. The third kappa shape index (κ3) is 7.86. The minimum atomic E-state index is -4.63. The van der Waals surface area contributed by atoms with E-state index < -0.39 is 24.9 Å². The number of halogens is 3. The number of hydrogen-bond donors (Lipinski definition) is 3. The molecule has 0 aliphatic heterocycles. The molecule has 0 amide bonds. The number of aliphatic hydroxyl groups excluding tert-OH is 2. The zero-order valence-electron chi connectivity index (χ0n) is 9.29. The smallest absolute Gasteiger partial charge is 0.389 e. The molecular formula is C9H18F3NO3. The lowest BCUT2D eigenvalue weighted by molar-refractivity contribution is -0.202. The van der Waals surface area contributed by atoms with Crippen LogP contribution in [0.5, 0.6) is 0 Å². The quantitative estimate of drug-likeness (QED) is 0.603. The van der Waals surface area contributed by atoms with Crippen LogP contribution >= 0.6 is 0 Å². The van der Waals surface area contributed by atoms with Gasteiger partial charge in [-0.05, 0) is 13.8 Å². The maximum absolute atomic E-state index is 11.9. The van der Waals surface area contributed by atoms with Crippen LogP contribution in [0.3, 0.4) is 0 Å². The number of nitrogens with one attached hydrogen (secondary N) is 1. The van der Waals surface area contributed by atoms with Gasteiger partial charge >= 0.3 is 6.18 Å². The Morgan fingerprint density at radius 1 is 1.19 bits per heavy atom. The van der Waals surface area contributed by atoms with Gasteiger partial charge in [0.15, 0.2) is 6.10 Å². The van der Waals surface area contributed by atoms with E-state index in [0.717, 1.165) is 0 Å². The standard InChI is InChI=1S/C9H18F3NO3/c1-6(2)16-5-7(14)3-13-4-8(15)9(10,11)12/h6-8,13-15H,3-5H2,1-2H3. The van der Waals surface area contributed by atoms with Gasteiger partial charge in [-0.1, -0.05) is 0 Å². The first-order chi connectivity index (χ1) is 7.23. The monoisotopic (exact) mass is 245 g/mol. The Bertz CT molecular complexity index is 187. The van der Waals surface area contributed by atoms with Gasteiger partial charge in [-0.2, -0.15) is 13.2 Å². The lowest BCUT2D eigenvalue weighted by atomic mass is 10.3. The molecule has 0 spiro atoms. The average molecular weight is 245 g/mol. The molecule has 16 heavy (non-hydrogen) atoms. The van der Waals surface area contributed by atoms with Crippen LogP contribution in [-0.4, -0.2) is 54.4 Å². The van der Waals surface area contributed by atoms with Crippen molar-refractivity contribution in [2.45, 2.75) is 38.3 Å². The van der Waals surface area contributed by atoms with Gasteiger partial charge in [0.25, 0.3) is 0 Å². The Balaban J connectivity index is 3.58. The van der Waals surface area contributed by atoms with Crippen molar-refractivity contribution in [2.75, 3.05) is 19.7 Å². The van der Waals surface area contributed by atoms with Crippen molar-refractivity contribution in [1.82, 2.24) is 5.32 Å². The molecule has 98 valence electrons. The summed E-state index contributed by atoms with van der Waals surface area (Å²) in [6.45, 7) is 2.93. The van der Waals surface area contributed by atoms with Gasteiger partial charge < -0.3 is 20.3 Å². The molecule has 0 aliphatic rings. The van der Waals surface area contributed by atoms with Gasteiger partial charge in [-0.25, -0.2) is 0 Å². The normalized spacial score (nSPS) is 16.5. The van der Waals surface area contributed by atoms with Gasteiger partial charge in [-0.3, -0.25) is 0 Å². The molecule has 0 aromatic rings. The highest BCUT2D eigenvalue weighted by Gasteiger charge is 2.37. The molecule has 0 aromatic carbocycles. The van der Waals surface area contributed by atoms with E-state index in [9.17, 15) is 18.3 Å². The summed E-state index contributed by atoms with van der Waals surface area (Å²) in [6.07, 6.45) is -7.98. The molecule has 4 nitrogen and oxygen atoms in total. The highest BCUT2D eigenvalue weighted by molar-refractivity contribution is 4.69. The number of hydrogen-bond acceptors (Lipinski definition) is 4. The largest absolute Gasteiger partial charge is 0.415 e. The second-order valence-corrected chi connectivity index (χ2v) is 3.75. The number of alkyl halides is 3. The highest BCUT2D eigenvalue weighted by atomic mass is 19.4. The molecule has 0 bridgehead atoms. The van der Waals surface area contributed by atoms with Crippen LogP contribution in [0, 0.1) is 0 Å². The van der Waals surface area contributed by atoms with Crippen molar-refractivity contribution in [2.24, 2.45) is 0 Å². The van der Waals surface area contributed by atoms with E-state index in [0.29, 0.717) is 0 Å². The summed E-state index contributed by atoms with van der Waals surface area (Å²) in [4.78, 5) is 0. The van der Waals surface area contributed by atoms with Crippen LogP contribution in [0.4, 0.5) is 13.2 Å². The van der Waals surface area contributed by atoms with Crippen LogP contribution in [0.1, 0.15) is 13.8 Å². The summed E-state index contributed by atoms with van der Waals surface area (Å²) in [5.41, 5.74) is 0. The SMILES string of the molecule is CC(C)OCC(O)CNCC(O)C(F)(F)F. The average Bonchev–Trinajstić information content (AvgIpc) is 2.13. The van der Waals surface area contributed by atoms with E-state index >= 15 is 0 Å². The lowest BCUT2D eigenvalue weighted by Gasteiger charge is -2.17. The Hall–Kier alpha value is -0.370. The van der Waals surface area contributed by atoms with Crippen molar-refractivity contribution in [3.05, 3.63) is 0 Å². The Labute approximate surface area is 92.4 Å². The third-order valence-electron chi connectivity index (χ3n) is 1.72. The molecule has 0 radical (unpaired) electrons. The van der Waals surface area contributed by atoms with E-state index in [1.165, 1.54) is 0 Å². The minimum Gasteiger partial charge on any atom is -0.389 e. The van der Waals surface area contributed by atoms with Crippen molar-refractivity contribution in [3.8, 4) is 0 Å². The molecule has 0 heterocycles. The molecule has 0 aliphatic carbocycles. The van der Waals surface area contributed by atoms with Crippen molar-refractivity contribution in [3.63, 3.8) is 0 Å². The van der Waals surface area contributed by atoms with Gasteiger partial charge in [0.1, 0.15) is 0 Å². The number of ether oxygens (including phenoxy) is 1. The van der Waals surface area contributed by atoms with Crippen molar-refractivity contribution in [1.29, 1.82) is 0 Å². The maximum atomic E-state index is 11.9. The molecule has 0 fully saturated rings. The van der Waals surface area contributed by atoms with Crippen LogP contribution in [0.25, 0.3) is 0 Å². The topological polar surface area (TPSA) is 61.7 Å². The molecule has 2 unspecified atom stereocenters. The highest BCUT2D eigenvalue weighted by Crippen LogP contribution is 2.18. The molecule has 0 aromatic heterocycles. The fraction of sp³-hybridized carbons (Fsp3) is 1.00. The molecule has 0 rings (SSSR count). The van der Waals surface area contributed by atoms with Crippen LogP contribution < -0.4 is 5.32 Å². The zero-order valence-corrected chi connectivity index (χ0v) is 9.29. The number of aliphatic hydroxyl groups is 2. The first-order valence-electron chi connectivity index (χ1n) is 4.98. The molecule has 0 saturated carbocycles. The maximum Gasteiger partial charge on any atom is 0.415 e. The van der Waals surface area contributed by atoms with Crippen LogP contribution in [0.15, 0.2) is 0 Å². The minimum absolute atomic E-state index is 0.0459. The molecule has 0 saturated heterocycles. The number of rotatable bonds is 7. The molecule has 3 N–H and O–H groups in total. The summed E-state index contributed by atoms with van der Waals surface area (Å²) < 4.78 is 40.6. The van der Waals surface area contributed by atoms with E-state index in [4.69, 9.17) is 9.84 Å². The fourth-order valence-corrected chi connectivity index (χ4v) is 0.865. The summed E-state index contributed by atoms with van der Waals surface area (Å²) in [6, 6.07) is 0. The van der Waals surface area contributed by atoms with Gasteiger partial charge in [0, 0.05) is 13.1 Å². The summed E-state index contributed by atoms with van der Waals surface area (Å²) >= 11 is 0.